The Kier molecular flexibility index (Phi) is 7.64. The molecule has 0 aliphatic carbocycles. The van der Waals surface area contributed by atoms with E-state index in [1.165, 1.54) is 42.2 Å². The van der Waals surface area contributed by atoms with Crippen LogP contribution in [0.4, 0.5) is 0 Å². The molecule has 5 heteroatoms. The summed E-state index contributed by atoms with van der Waals surface area (Å²) in [5.41, 5.74) is 12.5. The largest absolute Gasteiger partial charge is 0.301 e. The van der Waals surface area contributed by atoms with Crippen molar-refractivity contribution >= 4 is 53.4 Å². The molecule has 0 fully saturated rings. The normalized spacial score (nSPS) is 11.6. The molecule has 4 aromatic heterocycles. The van der Waals surface area contributed by atoms with Gasteiger partial charge in [-0.2, -0.15) is 0 Å². The van der Waals surface area contributed by atoms with E-state index in [4.69, 9.17) is 15.0 Å². The minimum absolute atomic E-state index is 0.694. The summed E-state index contributed by atoms with van der Waals surface area (Å²) in [6, 6.07) is 68.2. The molecule has 7 aromatic carbocycles. The van der Waals surface area contributed by atoms with Crippen LogP contribution in [0.5, 0.6) is 0 Å². The Bertz CT molecular complexity index is 3240. The molecular formula is C51H32N4S. The van der Waals surface area contributed by atoms with Crippen LogP contribution in [0.25, 0.3) is 104 Å². The molecule has 0 saturated heterocycles. The van der Waals surface area contributed by atoms with Crippen LogP contribution < -0.4 is 0 Å². The SMILES string of the molecule is c1ccc(-c2cccc(-c3cc(-c4cccc(-n5c6ccccc6c6c7c(sc65)c(-c5ccccc5)nc5ccccc57)c4)nc(-c4ccccc4)n3)c2)cc1. The molecule has 11 aromatic rings. The molecule has 4 heterocycles. The first kappa shape index (κ1) is 32.2. The molecule has 0 unspecified atom stereocenters. The van der Waals surface area contributed by atoms with Gasteiger partial charge >= 0.3 is 0 Å². The zero-order valence-corrected chi connectivity index (χ0v) is 31.0. The van der Waals surface area contributed by atoms with E-state index in [2.05, 4.69) is 174 Å². The number of nitrogens with zero attached hydrogens (tertiary/aromatic N) is 4. The molecule has 0 amide bonds. The van der Waals surface area contributed by atoms with E-state index < -0.39 is 0 Å². The lowest BCUT2D eigenvalue weighted by Crippen LogP contribution is -1.97. The van der Waals surface area contributed by atoms with Crippen LogP contribution in [0.3, 0.4) is 0 Å². The van der Waals surface area contributed by atoms with Gasteiger partial charge in [0, 0.05) is 49.5 Å². The first-order chi connectivity index (χ1) is 27.8. The van der Waals surface area contributed by atoms with Crippen LogP contribution >= 0.6 is 11.3 Å². The number of hydrogen-bond acceptors (Lipinski definition) is 4. The number of hydrogen-bond donors (Lipinski definition) is 0. The summed E-state index contributed by atoms with van der Waals surface area (Å²) in [7, 11) is 0. The molecule has 0 spiro atoms. The zero-order chi connectivity index (χ0) is 37.0. The molecule has 0 aliphatic rings. The lowest BCUT2D eigenvalue weighted by molar-refractivity contribution is 1.17. The van der Waals surface area contributed by atoms with Crippen molar-refractivity contribution in [1.29, 1.82) is 0 Å². The molecule has 56 heavy (non-hydrogen) atoms. The Morgan fingerprint density at radius 3 is 1.71 bits per heavy atom. The highest BCUT2D eigenvalue weighted by Crippen LogP contribution is 2.47. The van der Waals surface area contributed by atoms with Gasteiger partial charge in [-0.15, -0.1) is 11.3 Å². The summed E-state index contributed by atoms with van der Waals surface area (Å²) >= 11 is 1.82. The number of pyridine rings is 1. The Morgan fingerprint density at radius 1 is 0.393 bits per heavy atom. The van der Waals surface area contributed by atoms with E-state index in [0.29, 0.717) is 5.82 Å². The van der Waals surface area contributed by atoms with Crippen LogP contribution in [0, 0.1) is 0 Å². The third-order valence-electron chi connectivity index (χ3n) is 10.6. The second-order valence-electron chi connectivity index (χ2n) is 14.0. The van der Waals surface area contributed by atoms with E-state index in [9.17, 15) is 0 Å². The fraction of sp³-hybridized carbons (Fsp3) is 0. The first-order valence-electron chi connectivity index (χ1n) is 18.8. The molecule has 0 radical (unpaired) electrons. The van der Waals surface area contributed by atoms with Crippen LogP contribution in [0.1, 0.15) is 0 Å². The van der Waals surface area contributed by atoms with Gasteiger partial charge in [-0.25, -0.2) is 15.0 Å². The second-order valence-corrected chi connectivity index (χ2v) is 15.0. The Labute approximate surface area is 327 Å². The fourth-order valence-corrected chi connectivity index (χ4v) is 9.37. The Hall–Kier alpha value is -7.21. The van der Waals surface area contributed by atoms with Gasteiger partial charge in [0.25, 0.3) is 0 Å². The summed E-state index contributed by atoms with van der Waals surface area (Å²) in [5, 5.41) is 4.91. The predicted octanol–water partition coefficient (Wildman–Crippen LogP) is 13.7. The highest BCUT2D eigenvalue weighted by Gasteiger charge is 2.23. The van der Waals surface area contributed by atoms with Gasteiger partial charge < -0.3 is 4.57 Å². The minimum Gasteiger partial charge on any atom is -0.301 e. The quantitative estimate of drug-likeness (QED) is 0.171. The lowest BCUT2D eigenvalue weighted by atomic mass is 10.0. The van der Waals surface area contributed by atoms with E-state index in [0.717, 1.165) is 56.1 Å². The molecule has 11 rings (SSSR count). The van der Waals surface area contributed by atoms with Crippen LogP contribution in [-0.2, 0) is 0 Å². The van der Waals surface area contributed by atoms with Gasteiger partial charge in [-0.05, 0) is 47.5 Å². The maximum absolute atomic E-state index is 5.26. The Balaban J connectivity index is 1.13. The summed E-state index contributed by atoms with van der Waals surface area (Å²) in [5.74, 6) is 0.694. The van der Waals surface area contributed by atoms with Gasteiger partial charge in [-0.3, -0.25) is 0 Å². The molecule has 0 atom stereocenters. The highest BCUT2D eigenvalue weighted by atomic mass is 32.1. The first-order valence-corrected chi connectivity index (χ1v) is 19.6. The average molecular weight is 733 g/mol. The van der Waals surface area contributed by atoms with E-state index in [1.807, 2.05) is 35.6 Å². The van der Waals surface area contributed by atoms with Crippen molar-refractivity contribution in [3.8, 4) is 62.0 Å². The van der Waals surface area contributed by atoms with Gasteiger partial charge in [0.1, 0.15) is 4.83 Å². The van der Waals surface area contributed by atoms with Gasteiger partial charge in [0.2, 0.25) is 0 Å². The number of aromatic nitrogens is 4. The van der Waals surface area contributed by atoms with Crippen molar-refractivity contribution in [3.05, 3.63) is 194 Å². The van der Waals surface area contributed by atoms with Crippen molar-refractivity contribution < 1.29 is 0 Å². The molecular weight excluding hydrogens is 701 g/mol. The summed E-state index contributed by atoms with van der Waals surface area (Å²) in [6.07, 6.45) is 0. The topological polar surface area (TPSA) is 43.6 Å². The van der Waals surface area contributed by atoms with Crippen molar-refractivity contribution in [2.75, 3.05) is 0 Å². The molecule has 0 N–H and O–H groups in total. The van der Waals surface area contributed by atoms with E-state index in [-0.39, 0.29) is 0 Å². The lowest BCUT2D eigenvalue weighted by Gasteiger charge is -2.12. The minimum atomic E-state index is 0.694. The average Bonchev–Trinajstić information content (AvgIpc) is 3.82. The van der Waals surface area contributed by atoms with Crippen molar-refractivity contribution in [1.82, 2.24) is 19.5 Å². The van der Waals surface area contributed by atoms with E-state index in [1.54, 1.807) is 0 Å². The van der Waals surface area contributed by atoms with Crippen molar-refractivity contribution in [3.63, 3.8) is 0 Å². The number of thiophene rings is 1. The highest BCUT2D eigenvalue weighted by molar-refractivity contribution is 7.26. The van der Waals surface area contributed by atoms with Crippen LogP contribution in [0.15, 0.2) is 194 Å². The smallest absolute Gasteiger partial charge is 0.160 e. The number of benzene rings is 7. The summed E-state index contributed by atoms with van der Waals surface area (Å²) in [6.45, 7) is 0. The van der Waals surface area contributed by atoms with Crippen molar-refractivity contribution in [2.45, 2.75) is 0 Å². The third-order valence-corrected chi connectivity index (χ3v) is 11.8. The Morgan fingerprint density at radius 2 is 0.964 bits per heavy atom. The number of fused-ring (bicyclic) bond motifs is 7. The number of para-hydroxylation sites is 2. The zero-order valence-electron chi connectivity index (χ0n) is 30.2. The molecule has 0 bridgehead atoms. The van der Waals surface area contributed by atoms with E-state index >= 15 is 0 Å². The number of rotatable bonds is 6. The summed E-state index contributed by atoms with van der Waals surface area (Å²) < 4.78 is 3.62. The second kappa shape index (κ2) is 13.3. The van der Waals surface area contributed by atoms with Gasteiger partial charge in [0.05, 0.1) is 32.8 Å². The third kappa shape index (κ3) is 5.40. The summed E-state index contributed by atoms with van der Waals surface area (Å²) in [4.78, 5) is 16.8. The molecule has 0 saturated carbocycles. The van der Waals surface area contributed by atoms with Gasteiger partial charge in [0.15, 0.2) is 5.82 Å². The predicted molar refractivity (Wildman–Crippen MR) is 234 cm³/mol. The molecule has 4 nitrogen and oxygen atoms in total. The van der Waals surface area contributed by atoms with Crippen LogP contribution in [-0.4, -0.2) is 19.5 Å². The maximum Gasteiger partial charge on any atom is 0.160 e. The van der Waals surface area contributed by atoms with Gasteiger partial charge in [-0.1, -0.05) is 158 Å². The monoisotopic (exact) mass is 732 g/mol. The standard InChI is InChI=1S/C51H32N4S/c1-4-16-33(17-5-1)36-22-14-23-37(30-36)43-32-44(54-50(53-43)35-20-8-3-9-21-35)38-24-15-25-39(31-38)55-45-29-13-11-27-41(45)47-46-40-26-10-12-28-42(40)52-48(49(46)56-51(47)55)34-18-6-2-7-19-34/h1-32H. The maximum atomic E-state index is 5.26. The van der Waals surface area contributed by atoms with Crippen molar-refractivity contribution in [2.24, 2.45) is 0 Å². The molecule has 0 aliphatic heterocycles. The fourth-order valence-electron chi connectivity index (χ4n) is 7.99. The molecule has 262 valence electrons. The van der Waals surface area contributed by atoms with Crippen LogP contribution in [0.2, 0.25) is 0 Å².